The van der Waals surface area contributed by atoms with E-state index in [0.29, 0.717) is 16.6 Å². The average Bonchev–Trinajstić information content (AvgIpc) is 2.28. The fourth-order valence-corrected chi connectivity index (χ4v) is 3.83. The van der Waals surface area contributed by atoms with Crippen LogP contribution in [0.3, 0.4) is 0 Å². The number of hydrogen-bond acceptors (Lipinski definition) is 4. The second-order valence-corrected chi connectivity index (χ2v) is 7.67. The summed E-state index contributed by atoms with van der Waals surface area (Å²) in [4.78, 5) is 0.237. The highest BCUT2D eigenvalue weighted by atomic mass is 32.2. The van der Waals surface area contributed by atoms with Gasteiger partial charge in [-0.3, -0.25) is 0 Å². The Kier molecular flexibility index (Phi) is 5.03. The molecule has 0 bridgehead atoms. The van der Waals surface area contributed by atoms with Crippen LogP contribution >= 0.6 is 11.8 Å². The van der Waals surface area contributed by atoms with Crippen molar-refractivity contribution in [3.05, 3.63) is 29.8 Å². The Bertz CT molecular complexity index is 516. The highest BCUT2D eigenvalue weighted by Gasteiger charge is 2.14. The van der Waals surface area contributed by atoms with Crippen LogP contribution in [0.1, 0.15) is 19.4 Å². The lowest BCUT2D eigenvalue weighted by atomic mass is 10.2. The van der Waals surface area contributed by atoms with Gasteiger partial charge in [-0.1, -0.05) is 19.9 Å². The van der Waals surface area contributed by atoms with E-state index in [1.165, 1.54) is 12.1 Å². The topological polar surface area (TPSA) is 57.9 Å². The molecule has 0 saturated carbocycles. The summed E-state index contributed by atoms with van der Waals surface area (Å²) in [6.07, 6.45) is 0. The lowest BCUT2D eigenvalue weighted by Crippen LogP contribution is -2.10. The Morgan fingerprint density at radius 1 is 1.41 bits per heavy atom. The van der Waals surface area contributed by atoms with Crippen molar-refractivity contribution in [3.8, 4) is 6.07 Å². The Morgan fingerprint density at radius 2 is 2.12 bits per heavy atom. The van der Waals surface area contributed by atoms with Gasteiger partial charge in [0.25, 0.3) is 0 Å². The molecule has 0 aliphatic carbocycles. The molecule has 0 N–H and O–H groups in total. The van der Waals surface area contributed by atoms with E-state index in [1.54, 1.807) is 23.9 Å². The summed E-state index contributed by atoms with van der Waals surface area (Å²) in [5, 5.41) is 9.15. The van der Waals surface area contributed by atoms with Gasteiger partial charge in [0.15, 0.2) is 9.84 Å². The smallest absolute Gasteiger partial charge is 0.179 e. The normalized spacial score (nSPS) is 11.4. The molecular formula is C12H15NO2S2. The second kappa shape index (κ2) is 6.08. The SMILES string of the molecule is CC(C)SCCS(=O)(=O)c1cccc(C#N)c1. The van der Waals surface area contributed by atoms with Gasteiger partial charge in [-0.15, -0.1) is 0 Å². The quantitative estimate of drug-likeness (QED) is 0.824. The van der Waals surface area contributed by atoms with Crippen molar-refractivity contribution in [2.24, 2.45) is 0 Å². The summed E-state index contributed by atoms with van der Waals surface area (Å²) >= 11 is 1.62. The van der Waals surface area contributed by atoms with Gasteiger partial charge in [-0.2, -0.15) is 17.0 Å². The van der Waals surface area contributed by atoms with E-state index in [0.717, 1.165) is 0 Å². The largest absolute Gasteiger partial charge is 0.224 e. The van der Waals surface area contributed by atoms with Crippen LogP contribution in [0.5, 0.6) is 0 Å². The highest BCUT2D eigenvalue weighted by Crippen LogP contribution is 2.16. The van der Waals surface area contributed by atoms with Gasteiger partial charge >= 0.3 is 0 Å². The molecule has 3 nitrogen and oxygen atoms in total. The van der Waals surface area contributed by atoms with Gasteiger partial charge in [0.2, 0.25) is 0 Å². The molecule has 0 atom stereocenters. The number of sulfone groups is 1. The van der Waals surface area contributed by atoms with Crippen LogP contribution in [0.15, 0.2) is 29.2 Å². The molecule has 1 aromatic rings. The molecular weight excluding hydrogens is 254 g/mol. The van der Waals surface area contributed by atoms with Crippen LogP contribution in [-0.4, -0.2) is 25.2 Å². The minimum Gasteiger partial charge on any atom is -0.224 e. The van der Waals surface area contributed by atoms with Crippen LogP contribution in [-0.2, 0) is 9.84 Å². The molecule has 0 amide bonds. The molecule has 5 heteroatoms. The van der Waals surface area contributed by atoms with Crippen molar-refractivity contribution in [2.45, 2.75) is 24.0 Å². The molecule has 0 aromatic heterocycles. The van der Waals surface area contributed by atoms with E-state index in [1.807, 2.05) is 19.9 Å². The third-order valence-corrected chi connectivity index (χ3v) is 5.20. The third kappa shape index (κ3) is 4.41. The van der Waals surface area contributed by atoms with Gasteiger partial charge in [0.1, 0.15) is 0 Å². The van der Waals surface area contributed by atoms with E-state index >= 15 is 0 Å². The summed E-state index contributed by atoms with van der Waals surface area (Å²) in [5.41, 5.74) is 0.377. The van der Waals surface area contributed by atoms with Gasteiger partial charge in [0, 0.05) is 5.75 Å². The molecule has 1 aromatic carbocycles. The maximum atomic E-state index is 12.0. The first-order valence-electron chi connectivity index (χ1n) is 5.30. The van der Waals surface area contributed by atoms with E-state index in [4.69, 9.17) is 5.26 Å². The first-order chi connectivity index (χ1) is 7.95. The van der Waals surface area contributed by atoms with E-state index in [-0.39, 0.29) is 10.6 Å². The van der Waals surface area contributed by atoms with Crippen molar-refractivity contribution >= 4 is 21.6 Å². The Hall–Kier alpha value is -0.990. The molecule has 92 valence electrons. The van der Waals surface area contributed by atoms with Crippen molar-refractivity contribution in [3.63, 3.8) is 0 Å². The summed E-state index contributed by atoms with van der Waals surface area (Å²) in [5.74, 6) is 0.696. The molecule has 0 aliphatic rings. The number of benzene rings is 1. The Balaban J connectivity index is 2.79. The Labute approximate surface area is 107 Å². The Morgan fingerprint density at radius 3 is 2.71 bits per heavy atom. The second-order valence-electron chi connectivity index (χ2n) is 3.88. The van der Waals surface area contributed by atoms with Crippen LogP contribution in [0.2, 0.25) is 0 Å². The maximum absolute atomic E-state index is 12.0. The number of thioether (sulfide) groups is 1. The highest BCUT2D eigenvalue weighted by molar-refractivity contribution is 8.01. The number of nitriles is 1. The zero-order chi connectivity index (χ0) is 12.9. The van der Waals surface area contributed by atoms with Crippen LogP contribution in [0.4, 0.5) is 0 Å². The first-order valence-corrected chi connectivity index (χ1v) is 8.00. The summed E-state index contributed by atoms with van der Waals surface area (Å²) in [7, 11) is -3.26. The van der Waals surface area contributed by atoms with Crippen molar-refractivity contribution in [1.29, 1.82) is 5.26 Å². The molecule has 0 saturated heterocycles. The zero-order valence-electron chi connectivity index (χ0n) is 9.88. The van der Waals surface area contributed by atoms with Crippen LogP contribution in [0, 0.1) is 11.3 Å². The standard InChI is InChI=1S/C12H15NO2S2/c1-10(2)16-6-7-17(14,15)12-5-3-4-11(8-12)9-13/h3-5,8,10H,6-7H2,1-2H3. The van der Waals surface area contributed by atoms with Gasteiger partial charge in [-0.25, -0.2) is 8.42 Å². The van der Waals surface area contributed by atoms with Crippen LogP contribution < -0.4 is 0 Å². The number of nitrogens with zero attached hydrogens (tertiary/aromatic N) is 1. The van der Waals surface area contributed by atoms with Crippen molar-refractivity contribution < 1.29 is 8.42 Å². The third-order valence-electron chi connectivity index (χ3n) is 2.13. The average molecular weight is 269 g/mol. The minimum atomic E-state index is -3.26. The van der Waals surface area contributed by atoms with Gasteiger partial charge in [0.05, 0.1) is 22.3 Å². The lowest BCUT2D eigenvalue weighted by Gasteiger charge is -2.06. The molecule has 17 heavy (non-hydrogen) atoms. The molecule has 1 rings (SSSR count). The van der Waals surface area contributed by atoms with Crippen LogP contribution in [0.25, 0.3) is 0 Å². The summed E-state index contributed by atoms with van der Waals surface area (Å²) < 4.78 is 23.9. The zero-order valence-corrected chi connectivity index (χ0v) is 11.5. The monoisotopic (exact) mass is 269 g/mol. The molecule has 0 radical (unpaired) electrons. The fourth-order valence-electron chi connectivity index (χ4n) is 1.27. The first kappa shape index (κ1) is 14.1. The van der Waals surface area contributed by atoms with Gasteiger partial charge in [-0.05, 0) is 23.4 Å². The maximum Gasteiger partial charge on any atom is 0.179 e. The molecule has 0 fully saturated rings. The molecule has 0 heterocycles. The summed E-state index contributed by atoms with van der Waals surface area (Å²) in [6, 6.07) is 8.11. The molecule has 0 spiro atoms. The number of rotatable bonds is 5. The van der Waals surface area contributed by atoms with E-state index in [9.17, 15) is 8.42 Å². The fraction of sp³-hybridized carbons (Fsp3) is 0.417. The number of hydrogen-bond donors (Lipinski definition) is 0. The van der Waals surface area contributed by atoms with Gasteiger partial charge < -0.3 is 0 Å². The minimum absolute atomic E-state index is 0.116. The van der Waals surface area contributed by atoms with E-state index in [2.05, 4.69) is 0 Å². The predicted octanol–water partition coefficient (Wildman–Crippen LogP) is 2.47. The molecule has 0 aliphatic heterocycles. The van der Waals surface area contributed by atoms with E-state index < -0.39 is 9.84 Å². The van der Waals surface area contributed by atoms with Crippen molar-refractivity contribution in [1.82, 2.24) is 0 Å². The predicted molar refractivity (Wildman–Crippen MR) is 70.8 cm³/mol. The van der Waals surface area contributed by atoms with Crippen molar-refractivity contribution in [2.75, 3.05) is 11.5 Å². The summed E-state index contributed by atoms with van der Waals surface area (Å²) in [6.45, 7) is 4.07. The lowest BCUT2D eigenvalue weighted by molar-refractivity contribution is 0.597. The molecule has 0 unspecified atom stereocenters.